The smallest absolute Gasteiger partial charge is 0.410 e. The quantitative estimate of drug-likeness (QED) is 0.151. The van der Waals surface area contributed by atoms with E-state index in [1.54, 1.807) is 44.0 Å². The first kappa shape index (κ1) is 50.2. The van der Waals surface area contributed by atoms with Crippen LogP contribution in [-0.2, 0) is 19.1 Å². The average Bonchev–Trinajstić information content (AvgIpc) is 4.07. The Labute approximate surface area is 435 Å². The standard InChI is InChI=1S/2C26H29FN8O3/c2*1-15-9-33(23(36)26(15,14-28)17-5-6-17)22-21-19(27)8-30-35(21)13-20(31-22)16-7-29-34(10-16)18-11-32(12-18)24(37)38-25(2,3)4/h2*7-8,10,13,15,17-18H,5-6,9,11-12H2,1-4H3/t2*15-,26+/m11/s1. The molecule has 4 saturated heterocycles. The van der Waals surface area contributed by atoms with Crippen LogP contribution in [0, 0.1) is 68.8 Å². The first-order valence-electron chi connectivity index (χ1n) is 25.6. The first-order chi connectivity index (χ1) is 36.0. The number of hydrogen-bond acceptors (Lipinski definition) is 14. The summed E-state index contributed by atoms with van der Waals surface area (Å²) in [4.78, 5) is 67.4. The fraction of sp³-hybridized carbons (Fsp3) is 0.538. The minimum Gasteiger partial charge on any atom is -0.444 e. The second-order valence-electron chi connectivity index (χ2n) is 23.1. The molecule has 6 aliphatic rings. The van der Waals surface area contributed by atoms with Crippen LogP contribution in [0.25, 0.3) is 33.5 Å². The molecule has 22 nitrogen and oxygen atoms in total. The van der Waals surface area contributed by atoms with E-state index in [4.69, 9.17) is 19.4 Å². The number of nitrogens with zero attached hydrogens (tertiary/aromatic N) is 16. The van der Waals surface area contributed by atoms with Crippen LogP contribution in [0.15, 0.2) is 49.6 Å². The van der Waals surface area contributed by atoms with Crippen molar-refractivity contribution in [2.45, 2.75) is 104 Å². The fourth-order valence-corrected chi connectivity index (χ4v) is 11.1. The van der Waals surface area contributed by atoms with Crippen molar-refractivity contribution in [2.75, 3.05) is 49.1 Å². The van der Waals surface area contributed by atoms with Gasteiger partial charge >= 0.3 is 12.2 Å². The zero-order valence-electron chi connectivity index (χ0n) is 43.5. The van der Waals surface area contributed by atoms with Gasteiger partial charge in [-0.15, -0.1) is 0 Å². The molecule has 6 aromatic rings. The Hall–Kier alpha value is -8.02. The maximum absolute atomic E-state index is 14.8. The monoisotopic (exact) mass is 1040 g/mol. The number of halogens is 2. The predicted octanol–water partition coefficient (Wildman–Crippen LogP) is 6.85. The third-order valence-electron chi connectivity index (χ3n) is 15.4. The lowest BCUT2D eigenvalue weighted by molar-refractivity contribution is -0.125. The number of likely N-dealkylation sites (tertiary alicyclic amines) is 2. The van der Waals surface area contributed by atoms with E-state index in [0.717, 1.165) is 38.1 Å². The van der Waals surface area contributed by atoms with Gasteiger partial charge in [0.05, 0.1) is 72.8 Å². The molecule has 6 aromatic heterocycles. The molecule has 0 N–H and O–H groups in total. The average molecular weight is 1040 g/mol. The second kappa shape index (κ2) is 17.8. The molecule has 6 fully saturated rings. The number of rotatable bonds is 8. The van der Waals surface area contributed by atoms with Crippen LogP contribution in [0.4, 0.5) is 30.0 Å². The topological polar surface area (TPSA) is 243 Å². The molecule has 4 aliphatic heterocycles. The molecule has 4 atom stereocenters. The zero-order chi connectivity index (χ0) is 54.0. The molecule has 0 radical (unpaired) electrons. The fourth-order valence-electron chi connectivity index (χ4n) is 11.1. The van der Waals surface area contributed by atoms with Gasteiger partial charge in [0.15, 0.2) is 23.3 Å². The molecule has 0 unspecified atom stereocenters. The number of aromatic nitrogens is 10. The lowest BCUT2D eigenvalue weighted by Crippen LogP contribution is -2.52. The maximum atomic E-state index is 14.8. The van der Waals surface area contributed by atoms with Crippen molar-refractivity contribution in [1.82, 2.24) is 58.6 Å². The van der Waals surface area contributed by atoms with E-state index in [1.165, 1.54) is 18.8 Å². The molecule has 2 saturated carbocycles. The Morgan fingerprint density at radius 2 is 0.961 bits per heavy atom. The number of ether oxygens (including phenoxy) is 2. The Balaban J connectivity index is 0.000000162. The van der Waals surface area contributed by atoms with Gasteiger partial charge in [0.25, 0.3) is 0 Å². The van der Waals surface area contributed by atoms with Gasteiger partial charge < -0.3 is 19.3 Å². The maximum Gasteiger partial charge on any atom is 0.410 e. The SMILES string of the molecule is C[C@@H]1CN(c2nc(-c3cnn(C4CN(C(=O)OC(C)(C)C)C4)c3)cn3ncc(F)c23)C(=O)[C@]1(C#N)C1CC1.C[C@@H]1CN(c2nc(-c3cnn(C4CN(C(=O)OC(C)(C)C)C4)c3)cn3ncc(F)c23)C(=O)[C@]1(C#N)C1CC1. The number of carbonyl (C=O) groups excluding carboxylic acids is 4. The Morgan fingerprint density at radius 3 is 1.29 bits per heavy atom. The summed E-state index contributed by atoms with van der Waals surface area (Å²) in [6, 6.07) is 4.58. The zero-order valence-corrected chi connectivity index (χ0v) is 43.5. The van der Waals surface area contributed by atoms with Crippen molar-refractivity contribution in [3.8, 4) is 34.7 Å². The van der Waals surface area contributed by atoms with Crippen molar-refractivity contribution < 1.29 is 37.4 Å². The molecule has 12 rings (SSSR count). The summed E-state index contributed by atoms with van der Waals surface area (Å²) in [5.41, 5.74) is -0.902. The van der Waals surface area contributed by atoms with Crippen LogP contribution in [0.3, 0.4) is 0 Å². The molecule has 24 heteroatoms. The highest BCUT2D eigenvalue weighted by molar-refractivity contribution is 6.05. The Morgan fingerprint density at radius 1 is 0.592 bits per heavy atom. The minimum absolute atomic E-state index is 0.0163. The van der Waals surface area contributed by atoms with E-state index >= 15 is 0 Å². The molecule has 0 bridgehead atoms. The van der Waals surface area contributed by atoms with Gasteiger partial charge in [-0.1, -0.05) is 13.8 Å². The Kier molecular flexibility index (Phi) is 11.7. The molecular weight excluding hydrogens is 983 g/mol. The van der Waals surface area contributed by atoms with Crippen LogP contribution in [0.1, 0.15) is 93.2 Å². The third kappa shape index (κ3) is 8.41. The molecular formula is C52H58F2N16O6. The lowest BCUT2D eigenvalue weighted by atomic mass is 9.75. The van der Waals surface area contributed by atoms with Crippen molar-refractivity contribution in [3.63, 3.8) is 0 Å². The molecule has 10 heterocycles. The predicted molar refractivity (Wildman–Crippen MR) is 267 cm³/mol. The van der Waals surface area contributed by atoms with Crippen LogP contribution in [-0.4, -0.2) is 133 Å². The van der Waals surface area contributed by atoms with Crippen molar-refractivity contribution in [1.29, 1.82) is 10.5 Å². The molecule has 76 heavy (non-hydrogen) atoms. The van der Waals surface area contributed by atoms with Gasteiger partial charge in [-0.3, -0.25) is 28.8 Å². The third-order valence-corrected chi connectivity index (χ3v) is 15.4. The highest BCUT2D eigenvalue weighted by Crippen LogP contribution is 2.56. The van der Waals surface area contributed by atoms with E-state index in [0.29, 0.717) is 48.7 Å². The van der Waals surface area contributed by atoms with Gasteiger partial charge in [0.1, 0.15) is 33.1 Å². The number of amides is 4. The number of nitriles is 2. The van der Waals surface area contributed by atoms with Gasteiger partial charge in [0.2, 0.25) is 11.8 Å². The second-order valence-corrected chi connectivity index (χ2v) is 23.1. The summed E-state index contributed by atoms with van der Waals surface area (Å²) >= 11 is 0. The molecule has 0 aromatic carbocycles. The van der Waals surface area contributed by atoms with Crippen molar-refractivity contribution in [2.24, 2.45) is 34.5 Å². The van der Waals surface area contributed by atoms with Gasteiger partial charge in [-0.2, -0.15) is 30.9 Å². The molecule has 0 spiro atoms. The van der Waals surface area contributed by atoms with E-state index in [-0.39, 0.29) is 95.5 Å². The largest absolute Gasteiger partial charge is 0.444 e. The minimum atomic E-state index is -1.11. The Bertz CT molecular complexity index is 3200. The van der Waals surface area contributed by atoms with Gasteiger partial charge in [0, 0.05) is 74.6 Å². The van der Waals surface area contributed by atoms with Gasteiger partial charge in [-0.05, 0) is 79.1 Å². The van der Waals surface area contributed by atoms with Crippen LogP contribution in [0.2, 0.25) is 0 Å². The van der Waals surface area contributed by atoms with Crippen molar-refractivity contribution >= 4 is 46.7 Å². The number of anilines is 2. The van der Waals surface area contributed by atoms with E-state index in [9.17, 15) is 38.5 Å². The first-order valence-corrected chi connectivity index (χ1v) is 25.6. The normalized spacial score (nSPS) is 24.1. The highest BCUT2D eigenvalue weighted by Gasteiger charge is 2.62. The summed E-state index contributed by atoms with van der Waals surface area (Å²) in [5.74, 6) is -1.90. The van der Waals surface area contributed by atoms with Crippen molar-refractivity contribution in [3.05, 3.63) is 61.2 Å². The van der Waals surface area contributed by atoms with Crippen LogP contribution < -0.4 is 9.80 Å². The highest BCUT2D eigenvalue weighted by atomic mass is 19.1. The number of fused-ring (bicyclic) bond motifs is 2. The van der Waals surface area contributed by atoms with Crippen LogP contribution in [0.5, 0.6) is 0 Å². The van der Waals surface area contributed by atoms with Crippen LogP contribution >= 0.6 is 0 Å². The van der Waals surface area contributed by atoms with E-state index < -0.39 is 33.7 Å². The summed E-state index contributed by atoms with van der Waals surface area (Å²) < 4.78 is 46.8. The summed E-state index contributed by atoms with van der Waals surface area (Å²) in [6.45, 7) is 17.2. The summed E-state index contributed by atoms with van der Waals surface area (Å²) in [5, 5.41) is 37.2. The summed E-state index contributed by atoms with van der Waals surface area (Å²) in [6.07, 6.45) is 14.9. The van der Waals surface area contributed by atoms with E-state index in [1.807, 2.05) is 67.8 Å². The molecule has 4 amide bonds. The molecule has 396 valence electrons. The number of hydrogen-bond donors (Lipinski definition) is 0. The summed E-state index contributed by atoms with van der Waals surface area (Å²) in [7, 11) is 0. The lowest BCUT2D eigenvalue weighted by Gasteiger charge is -2.39. The number of carbonyl (C=O) groups is 4. The molecule has 2 aliphatic carbocycles. The van der Waals surface area contributed by atoms with E-state index in [2.05, 4.69) is 32.5 Å². The van der Waals surface area contributed by atoms with Gasteiger partial charge in [-0.25, -0.2) is 37.4 Å².